The first-order valence-electron chi connectivity index (χ1n) is 9.40. The molecule has 1 heterocycles. The first-order chi connectivity index (χ1) is 14.8. The minimum Gasteiger partial charge on any atom is -0.419 e. The van der Waals surface area contributed by atoms with Gasteiger partial charge >= 0.3 is 0 Å². The van der Waals surface area contributed by atoms with Crippen LogP contribution >= 0.6 is 11.6 Å². The van der Waals surface area contributed by atoms with E-state index in [4.69, 9.17) is 16.0 Å². The summed E-state index contributed by atoms with van der Waals surface area (Å²) in [5, 5.41) is 3.26. The van der Waals surface area contributed by atoms with E-state index in [1.54, 1.807) is 18.2 Å². The molecule has 0 saturated carbocycles. The minimum absolute atomic E-state index is 0.0132. The summed E-state index contributed by atoms with van der Waals surface area (Å²) in [6, 6.07) is 19.2. The third kappa shape index (κ3) is 4.47. The lowest BCUT2D eigenvalue weighted by molar-refractivity contribution is 0.576. The molecule has 1 N–H and O–H groups in total. The fourth-order valence-electron chi connectivity index (χ4n) is 3.04. The standard InChI is InChI=1S/C23H18ClFN2O3S/c1-15-5-4-7-16(13-15)21-27-23(31(28,29)19-11-9-18(25)10-12-19)22(30-21)26-14-17-6-2-3-8-20(17)24/h2-13,26H,14H2,1H3. The Hall–Kier alpha value is -3.16. The average Bonchev–Trinajstić information content (AvgIpc) is 3.19. The Labute approximate surface area is 184 Å². The maximum Gasteiger partial charge on any atom is 0.234 e. The Bertz CT molecular complexity index is 1340. The Morgan fingerprint density at radius 3 is 2.48 bits per heavy atom. The first-order valence-corrected chi connectivity index (χ1v) is 11.3. The van der Waals surface area contributed by atoms with Gasteiger partial charge in [0, 0.05) is 17.1 Å². The number of rotatable bonds is 6. The SMILES string of the molecule is Cc1cccc(-c2nc(S(=O)(=O)c3ccc(F)cc3)c(NCc3ccccc3Cl)o2)c1. The third-order valence-electron chi connectivity index (χ3n) is 4.64. The highest BCUT2D eigenvalue weighted by Gasteiger charge is 2.28. The van der Waals surface area contributed by atoms with Crippen molar-refractivity contribution in [3.63, 3.8) is 0 Å². The molecule has 0 saturated heterocycles. The highest BCUT2D eigenvalue weighted by atomic mass is 35.5. The second-order valence-corrected chi connectivity index (χ2v) is 9.20. The van der Waals surface area contributed by atoms with Crippen LogP contribution in [0.15, 0.2) is 87.1 Å². The van der Waals surface area contributed by atoms with Gasteiger partial charge in [0.15, 0.2) is 0 Å². The molecule has 0 unspecified atom stereocenters. The highest BCUT2D eigenvalue weighted by molar-refractivity contribution is 7.91. The molecule has 158 valence electrons. The van der Waals surface area contributed by atoms with Crippen LogP contribution in [-0.2, 0) is 16.4 Å². The van der Waals surface area contributed by atoms with Gasteiger partial charge in [-0.1, -0.05) is 47.5 Å². The van der Waals surface area contributed by atoms with Gasteiger partial charge in [0.2, 0.25) is 26.6 Å². The summed E-state index contributed by atoms with van der Waals surface area (Å²) in [6.07, 6.45) is 0. The molecular formula is C23H18ClFN2O3S. The smallest absolute Gasteiger partial charge is 0.234 e. The summed E-state index contributed by atoms with van der Waals surface area (Å²) in [7, 11) is -4.07. The fraction of sp³-hybridized carbons (Fsp3) is 0.0870. The van der Waals surface area contributed by atoms with Gasteiger partial charge in [0.25, 0.3) is 0 Å². The van der Waals surface area contributed by atoms with Crippen LogP contribution in [0, 0.1) is 12.7 Å². The van der Waals surface area contributed by atoms with Crippen molar-refractivity contribution in [2.24, 2.45) is 0 Å². The highest BCUT2D eigenvalue weighted by Crippen LogP contribution is 2.33. The molecule has 8 heteroatoms. The van der Waals surface area contributed by atoms with Gasteiger partial charge in [-0.15, -0.1) is 0 Å². The van der Waals surface area contributed by atoms with E-state index in [0.29, 0.717) is 10.6 Å². The number of oxazole rings is 1. The summed E-state index contributed by atoms with van der Waals surface area (Å²) >= 11 is 6.21. The summed E-state index contributed by atoms with van der Waals surface area (Å²) in [5.74, 6) is -0.386. The van der Waals surface area contributed by atoms with Gasteiger partial charge in [-0.05, 0) is 55.0 Å². The van der Waals surface area contributed by atoms with E-state index in [2.05, 4.69) is 10.3 Å². The summed E-state index contributed by atoms with van der Waals surface area (Å²) < 4.78 is 45.6. The molecular weight excluding hydrogens is 439 g/mol. The van der Waals surface area contributed by atoms with E-state index < -0.39 is 15.7 Å². The van der Waals surface area contributed by atoms with Crippen molar-refractivity contribution in [2.75, 3.05) is 5.32 Å². The molecule has 4 rings (SSSR count). The quantitative estimate of drug-likeness (QED) is 0.366. The van der Waals surface area contributed by atoms with Crippen molar-refractivity contribution in [2.45, 2.75) is 23.4 Å². The van der Waals surface area contributed by atoms with Crippen LogP contribution in [0.4, 0.5) is 10.3 Å². The lowest BCUT2D eigenvalue weighted by atomic mass is 10.1. The van der Waals surface area contributed by atoms with E-state index in [1.807, 2.05) is 37.3 Å². The van der Waals surface area contributed by atoms with Crippen molar-refractivity contribution in [3.8, 4) is 11.5 Å². The zero-order valence-electron chi connectivity index (χ0n) is 16.5. The Kier molecular flexibility index (Phi) is 5.80. The van der Waals surface area contributed by atoms with E-state index in [0.717, 1.165) is 23.3 Å². The molecule has 0 bridgehead atoms. The number of hydrogen-bond donors (Lipinski definition) is 1. The van der Waals surface area contributed by atoms with Crippen molar-refractivity contribution in [1.82, 2.24) is 4.98 Å². The number of sulfone groups is 1. The molecule has 4 aromatic rings. The minimum atomic E-state index is -4.07. The molecule has 0 fully saturated rings. The van der Waals surface area contributed by atoms with Crippen LogP contribution in [0.5, 0.6) is 0 Å². The van der Waals surface area contributed by atoms with E-state index in [1.165, 1.54) is 12.1 Å². The second kappa shape index (κ2) is 8.53. The van der Waals surface area contributed by atoms with Crippen molar-refractivity contribution < 1.29 is 17.2 Å². The number of aryl methyl sites for hydroxylation is 1. The van der Waals surface area contributed by atoms with E-state index in [9.17, 15) is 12.8 Å². The zero-order chi connectivity index (χ0) is 22.0. The molecule has 31 heavy (non-hydrogen) atoms. The van der Waals surface area contributed by atoms with Gasteiger partial charge in [0.1, 0.15) is 5.82 Å². The topological polar surface area (TPSA) is 72.2 Å². The van der Waals surface area contributed by atoms with Crippen molar-refractivity contribution in [3.05, 3.63) is 94.8 Å². The molecule has 0 atom stereocenters. The lowest BCUT2D eigenvalue weighted by Crippen LogP contribution is -2.07. The molecule has 0 aliphatic heterocycles. The van der Waals surface area contributed by atoms with Crippen LogP contribution in [0.1, 0.15) is 11.1 Å². The van der Waals surface area contributed by atoms with Crippen LogP contribution in [0.25, 0.3) is 11.5 Å². The Morgan fingerprint density at radius 2 is 1.77 bits per heavy atom. The largest absolute Gasteiger partial charge is 0.419 e. The number of anilines is 1. The zero-order valence-corrected chi connectivity index (χ0v) is 18.0. The monoisotopic (exact) mass is 456 g/mol. The average molecular weight is 457 g/mol. The van der Waals surface area contributed by atoms with Gasteiger partial charge in [-0.3, -0.25) is 0 Å². The first kappa shape index (κ1) is 21.1. The molecule has 5 nitrogen and oxygen atoms in total. The van der Waals surface area contributed by atoms with Gasteiger partial charge < -0.3 is 9.73 Å². The molecule has 0 radical (unpaired) electrons. The predicted molar refractivity (Wildman–Crippen MR) is 117 cm³/mol. The van der Waals surface area contributed by atoms with E-state index in [-0.39, 0.29) is 28.2 Å². The maximum absolute atomic E-state index is 13.3. The number of nitrogens with one attached hydrogen (secondary N) is 1. The van der Waals surface area contributed by atoms with Crippen LogP contribution in [0.3, 0.4) is 0 Å². The molecule has 0 amide bonds. The van der Waals surface area contributed by atoms with Gasteiger partial charge in [-0.2, -0.15) is 4.98 Å². The van der Waals surface area contributed by atoms with Gasteiger partial charge in [-0.25, -0.2) is 12.8 Å². The third-order valence-corrected chi connectivity index (χ3v) is 6.68. The molecule has 0 spiro atoms. The maximum atomic E-state index is 13.3. The summed E-state index contributed by atoms with van der Waals surface area (Å²) in [4.78, 5) is 4.20. The van der Waals surface area contributed by atoms with Crippen LogP contribution in [-0.4, -0.2) is 13.4 Å². The Morgan fingerprint density at radius 1 is 1.03 bits per heavy atom. The number of halogens is 2. The number of benzene rings is 3. The predicted octanol–water partition coefficient (Wildman–Crippen LogP) is 5.89. The molecule has 1 aromatic heterocycles. The van der Waals surface area contributed by atoms with Crippen molar-refractivity contribution in [1.29, 1.82) is 0 Å². The van der Waals surface area contributed by atoms with Gasteiger partial charge in [0.05, 0.1) is 4.90 Å². The number of aromatic nitrogens is 1. The van der Waals surface area contributed by atoms with Crippen LogP contribution in [0.2, 0.25) is 5.02 Å². The van der Waals surface area contributed by atoms with Crippen molar-refractivity contribution >= 4 is 27.3 Å². The normalized spacial score (nSPS) is 11.5. The molecule has 3 aromatic carbocycles. The number of hydrogen-bond acceptors (Lipinski definition) is 5. The molecule has 0 aliphatic rings. The Balaban J connectivity index is 1.78. The summed E-state index contributed by atoms with van der Waals surface area (Å²) in [6.45, 7) is 2.15. The van der Waals surface area contributed by atoms with E-state index >= 15 is 0 Å². The van der Waals surface area contributed by atoms with Crippen LogP contribution < -0.4 is 5.32 Å². The molecule has 0 aliphatic carbocycles. The summed E-state index contributed by atoms with van der Waals surface area (Å²) in [5.41, 5.74) is 2.38. The fourth-order valence-corrected chi connectivity index (χ4v) is 4.53. The number of nitrogens with zero attached hydrogens (tertiary/aromatic N) is 1. The lowest BCUT2D eigenvalue weighted by Gasteiger charge is -2.07. The second-order valence-electron chi connectivity index (χ2n) is 6.93.